The average molecular weight is 230 g/mol. The largest absolute Gasteiger partial charge is 0.494 e. The second-order valence-corrected chi connectivity index (χ2v) is 3.61. The zero-order valence-corrected chi connectivity index (χ0v) is 9.81. The van der Waals surface area contributed by atoms with Crippen LogP contribution in [0.4, 0.5) is 5.69 Å². The number of hydrogen-bond donors (Lipinski definition) is 1. The highest BCUT2D eigenvalue weighted by Gasteiger charge is 2.07. The molecule has 0 amide bonds. The number of nitrogens with two attached hydrogens (primary N) is 1. The van der Waals surface area contributed by atoms with Gasteiger partial charge in [0, 0.05) is 5.69 Å². The van der Waals surface area contributed by atoms with Gasteiger partial charge in [0.15, 0.2) is 5.75 Å². The van der Waals surface area contributed by atoms with E-state index in [9.17, 15) is 0 Å². The number of benzene rings is 1. The minimum Gasteiger partial charge on any atom is -0.494 e. The SMILES string of the molecule is COc1cccc(Oc2ccc(C)nc2)c1N. The van der Waals surface area contributed by atoms with Crippen LogP contribution < -0.4 is 15.2 Å². The van der Waals surface area contributed by atoms with Crippen LogP contribution in [-0.4, -0.2) is 12.1 Å². The van der Waals surface area contributed by atoms with Crippen molar-refractivity contribution in [3.05, 3.63) is 42.2 Å². The number of rotatable bonds is 3. The zero-order valence-electron chi connectivity index (χ0n) is 9.81. The Morgan fingerprint density at radius 3 is 2.53 bits per heavy atom. The second-order valence-electron chi connectivity index (χ2n) is 3.61. The third-order valence-corrected chi connectivity index (χ3v) is 2.36. The van der Waals surface area contributed by atoms with E-state index in [1.54, 1.807) is 25.4 Å². The molecule has 1 aromatic carbocycles. The number of hydrogen-bond acceptors (Lipinski definition) is 4. The van der Waals surface area contributed by atoms with E-state index in [1.807, 2.05) is 25.1 Å². The van der Waals surface area contributed by atoms with Crippen molar-refractivity contribution < 1.29 is 9.47 Å². The summed E-state index contributed by atoms with van der Waals surface area (Å²) in [4.78, 5) is 4.15. The molecule has 0 fully saturated rings. The van der Waals surface area contributed by atoms with Gasteiger partial charge in [0.2, 0.25) is 0 Å². The highest BCUT2D eigenvalue weighted by Crippen LogP contribution is 2.33. The molecule has 2 aromatic rings. The molecule has 88 valence electrons. The molecular formula is C13H14N2O2. The highest BCUT2D eigenvalue weighted by atomic mass is 16.5. The van der Waals surface area contributed by atoms with E-state index >= 15 is 0 Å². The van der Waals surface area contributed by atoms with E-state index in [0.29, 0.717) is 22.9 Å². The van der Waals surface area contributed by atoms with Crippen LogP contribution in [-0.2, 0) is 0 Å². The summed E-state index contributed by atoms with van der Waals surface area (Å²) in [5.41, 5.74) is 7.32. The van der Waals surface area contributed by atoms with Gasteiger partial charge in [-0.25, -0.2) is 0 Å². The lowest BCUT2D eigenvalue weighted by Crippen LogP contribution is -1.96. The monoisotopic (exact) mass is 230 g/mol. The van der Waals surface area contributed by atoms with Crippen molar-refractivity contribution in [1.29, 1.82) is 0 Å². The number of nitrogen functional groups attached to an aromatic ring is 1. The maximum absolute atomic E-state index is 5.90. The van der Waals surface area contributed by atoms with E-state index < -0.39 is 0 Å². The van der Waals surface area contributed by atoms with Crippen molar-refractivity contribution in [2.75, 3.05) is 12.8 Å². The van der Waals surface area contributed by atoms with Crippen molar-refractivity contribution in [2.45, 2.75) is 6.92 Å². The second kappa shape index (κ2) is 4.74. The maximum atomic E-state index is 5.90. The summed E-state index contributed by atoms with van der Waals surface area (Å²) in [5.74, 6) is 1.81. The molecule has 17 heavy (non-hydrogen) atoms. The van der Waals surface area contributed by atoms with Crippen LogP contribution in [0.5, 0.6) is 17.2 Å². The molecule has 2 rings (SSSR count). The summed E-state index contributed by atoms with van der Waals surface area (Å²) < 4.78 is 10.8. The third kappa shape index (κ3) is 2.47. The van der Waals surface area contributed by atoms with Crippen LogP contribution in [0.15, 0.2) is 36.5 Å². The lowest BCUT2D eigenvalue weighted by molar-refractivity contribution is 0.412. The van der Waals surface area contributed by atoms with Crippen molar-refractivity contribution in [3.8, 4) is 17.2 Å². The molecule has 2 N–H and O–H groups in total. The molecule has 0 aliphatic carbocycles. The number of aromatic nitrogens is 1. The van der Waals surface area contributed by atoms with Crippen molar-refractivity contribution in [2.24, 2.45) is 0 Å². The highest BCUT2D eigenvalue weighted by molar-refractivity contribution is 5.63. The number of pyridine rings is 1. The number of anilines is 1. The summed E-state index contributed by atoms with van der Waals surface area (Å²) in [5, 5.41) is 0. The van der Waals surface area contributed by atoms with Gasteiger partial charge in [-0.05, 0) is 31.2 Å². The van der Waals surface area contributed by atoms with Crippen LogP contribution >= 0.6 is 0 Å². The Bertz CT molecular complexity index is 509. The summed E-state index contributed by atoms with van der Waals surface area (Å²) in [6.07, 6.45) is 1.66. The number of para-hydroxylation sites is 1. The Hall–Kier alpha value is -2.23. The predicted octanol–water partition coefficient (Wildman–Crippen LogP) is 2.77. The molecule has 4 nitrogen and oxygen atoms in total. The average Bonchev–Trinajstić information content (AvgIpc) is 2.35. The van der Waals surface area contributed by atoms with E-state index in [4.69, 9.17) is 15.2 Å². The topological polar surface area (TPSA) is 57.4 Å². The molecule has 1 aromatic heterocycles. The van der Waals surface area contributed by atoms with Gasteiger partial charge in [-0.1, -0.05) is 6.07 Å². The first-order valence-corrected chi connectivity index (χ1v) is 5.23. The van der Waals surface area contributed by atoms with Gasteiger partial charge in [0.25, 0.3) is 0 Å². The van der Waals surface area contributed by atoms with Gasteiger partial charge >= 0.3 is 0 Å². The standard InChI is InChI=1S/C13H14N2O2/c1-9-6-7-10(8-15-9)17-12-5-3-4-11(16-2)13(12)14/h3-8H,14H2,1-2H3. The van der Waals surface area contributed by atoms with Crippen LogP contribution in [0, 0.1) is 6.92 Å². The Balaban J connectivity index is 2.27. The Kier molecular flexibility index (Phi) is 3.14. The molecule has 0 aliphatic heterocycles. The molecule has 0 bridgehead atoms. The first-order chi connectivity index (χ1) is 8.20. The minimum absolute atomic E-state index is 0.482. The number of nitrogens with zero attached hydrogens (tertiary/aromatic N) is 1. The third-order valence-electron chi connectivity index (χ3n) is 2.36. The Morgan fingerprint density at radius 1 is 1.12 bits per heavy atom. The fourth-order valence-corrected chi connectivity index (χ4v) is 1.43. The van der Waals surface area contributed by atoms with Gasteiger partial charge in [-0.15, -0.1) is 0 Å². The van der Waals surface area contributed by atoms with E-state index in [-0.39, 0.29) is 0 Å². The Labute approximate surface area is 100 Å². The molecule has 1 heterocycles. The lowest BCUT2D eigenvalue weighted by atomic mass is 10.2. The van der Waals surface area contributed by atoms with Crippen molar-refractivity contribution in [1.82, 2.24) is 4.98 Å². The molecule has 0 saturated carbocycles. The van der Waals surface area contributed by atoms with Gasteiger partial charge in [0.1, 0.15) is 17.2 Å². The first kappa shape index (κ1) is 11.3. The summed E-state index contributed by atoms with van der Waals surface area (Å²) >= 11 is 0. The fraction of sp³-hybridized carbons (Fsp3) is 0.154. The maximum Gasteiger partial charge on any atom is 0.154 e. The first-order valence-electron chi connectivity index (χ1n) is 5.23. The smallest absolute Gasteiger partial charge is 0.154 e. The van der Waals surface area contributed by atoms with Crippen LogP contribution in [0.2, 0.25) is 0 Å². The quantitative estimate of drug-likeness (QED) is 0.824. The van der Waals surface area contributed by atoms with Gasteiger partial charge in [0.05, 0.1) is 13.3 Å². The van der Waals surface area contributed by atoms with E-state index in [2.05, 4.69) is 4.98 Å². The van der Waals surface area contributed by atoms with Crippen molar-refractivity contribution in [3.63, 3.8) is 0 Å². The number of ether oxygens (including phenoxy) is 2. The lowest BCUT2D eigenvalue weighted by Gasteiger charge is -2.10. The molecular weight excluding hydrogens is 216 g/mol. The molecule has 0 aliphatic rings. The predicted molar refractivity (Wildman–Crippen MR) is 66.5 cm³/mol. The van der Waals surface area contributed by atoms with E-state index in [0.717, 1.165) is 5.69 Å². The number of methoxy groups -OCH3 is 1. The van der Waals surface area contributed by atoms with Crippen LogP contribution in [0.1, 0.15) is 5.69 Å². The van der Waals surface area contributed by atoms with Gasteiger partial charge < -0.3 is 15.2 Å². The van der Waals surface area contributed by atoms with Crippen LogP contribution in [0.25, 0.3) is 0 Å². The normalized spacial score (nSPS) is 10.0. The summed E-state index contributed by atoms with van der Waals surface area (Å²) in [6, 6.07) is 9.13. The Morgan fingerprint density at radius 2 is 1.88 bits per heavy atom. The zero-order chi connectivity index (χ0) is 12.3. The summed E-state index contributed by atoms with van der Waals surface area (Å²) in [6.45, 7) is 1.92. The molecule has 0 unspecified atom stereocenters. The molecule has 0 spiro atoms. The van der Waals surface area contributed by atoms with Crippen molar-refractivity contribution >= 4 is 5.69 Å². The van der Waals surface area contributed by atoms with Crippen LogP contribution in [0.3, 0.4) is 0 Å². The molecule has 0 radical (unpaired) electrons. The molecule has 0 atom stereocenters. The fourth-order valence-electron chi connectivity index (χ4n) is 1.43. The summed E-state index contributed by atoms with van der Waals surface area (Å²) in [7, 11) is 1.57. The number of aryl methyl sites for hydroxylation is 1. The molecule has 4 heteroatoms. The minimum atomic E-state index is 0.482. The molecule has 0 saturated heterocycles. The van der Waals surface area contributed by atoms with Gasteiger partial charge in [-0.2, -0.15) is 0 Å². The van der Waals surface area contributed by atoms with E-state index in [1.165, 1.54) is 0 Å². The van der Waals surface area contributed by atoms with Gasteiger partial charge in [-0.3, -0.25) is 4.98 Å².